The molecule has 2 nitrogen and oxygen atoms in total. The molecule has 0 saturated heterocycles. The lowest BCUT2D eigenvalue weighted by atomic mass is 10.1. The monoisotopic (exact) mass is 337 g/mol. The Morgan fingerprint density at radius 2 is 1.74 bits per heavy atom. The van der Waals surface area contributed by atoms with E-state index in [1.54, 1.807) is 18.2 Å². The van der Waals surface area contributed by atoms with Gasteiger partial charge in [-0.1, -0.05) is 28.8 Å². The second-order valence-electron chi connectivity index (χ2n) is 4.46. The summed E-state index contributed by atoms with van der Waals surface area (Å²) >= 11 is 9.31. The molecule has 2 rings (SSSR count). The van der Waals surface area contributed by atoms with Crippen molar-refractivity contribution >= 4 is 39.1 Å². The van der Waals surface area contributed by atoms with E-state index < -0.39 is 0 Å². The molecule has 0 aliphatic carbocycles. The Hall–Kier alpha value is -1.32. The molecule has 98 valence electrons. The summed E-state index contributed by atoms with van der Waals surface area (Å²) in [6.07, 6.45) is 0. The Bertz CT molecular complexity index is 620. The number of rotatable bonds is 2. The molecule has 0 aromatic heterocycles. The minimum atomic E-state index is -0.134. The molecule has 0 aliphatic heterocycles. The molecule has 0 fully saturated rings. The van der Waals surface area contributed by atoms with Gasteiger partial charge in [-0.25, -0.2) is 0 Å². The molecule has 0 radical (unpaired) electrons. The topological polar surface area (TPSA) is 29.1 Å². The molecule has 0 spiro atoms. The van der Waals surface area contributed by atoms with Gasteiger partial charge < -0.3 is 5.32 Å². The van der Waals surface area contributed by atoms with E-state index in [1.165, 1.54) is 0 Å². The van der Waals surface area contributed by atoms with Gasteiger partial charge in [-0.05, 0) is 60.1 Å². The summed E-state index contributed by atoms with van der Waals surface area (Å²) in [6, 6.07) is 11.1. The van der Waals surface area contributed by atoms with E-state index in [-0.39, 0.29) is 5.91 Å². The summed E-state index contributed by atoms with van der Waals surface area (Å²) in [7, 11) is 0. The van der Waals surface area contributed by atoms with E-state index in [1.807, 2.05) is 32.0 Å². The van der Waals surface area contributed by atoms with E-state index in [4.69, 9.17) is 11.6 Å². The number of benzene rings is 2. The van der Waals surface area contributed by atoms with E-state index in [9.17, 15) is 4.79 Å². The van der Waals surface area contributed by atoms with Gasteiger partial charge in [0.25, 0.3) is 5.91 Å². The zero-order chi connectivity index (χ0) is 14.0. The average molecular weight is 339 g/mol. The molecule has 1 N–H and O–H groups in total. The van der Waals surface area contributed by atoms with Crippen molar-refractivity contribution in [2.45, 2.75) is 13.8 Å². The second-order valence-corrected chi connectivity index (χ2v) is 5.72. The Morgan fingerprint density at radius 1 is 1.11 bits per heavy atom. The molecule has 0 unspecified atom stereocenters. The summed E-state index contributed by atoms with van der Waals surface area (Å²) in [5.41, 5.74) is 3.46. The first kappa shape index (κ1) is 14.1. The van der Waals surface area contributed by atoms with E-state index >= 15 is 0 Å². The van der Waals surface area contributed by atoms with Crippen LogP contribution in [0, 0.1) is 13.8 Å². The van der Waals surface area contributed by atoms with Crippen LogP contribution in [-0.2, 0) is 0 Å². The van der Waals surface area contributed by atoms with Crippen LogP contribution in [-0.4, -0.2) is 5.91 Å². The lowest BCUT2D eigenvalue weighted by Gasteiger charge is -2.08. The van der Waals surface area contributed by atoms with Crippen molar-refractivity contribution in [3.05, 3.63) is 62.6 Å². The van der Waals surface area contributed by atoms with Gasteiger partial charge in [0.15, 0.2) is 0 Å². The van der Waals surface area contributed by atoms with Crippen LogP contribution >= 0.6 is 27.5 Å². The normalized spacial score (nSPS) is 10.3. The summed E-state index contributed by atoms with van der Waals surface area (Å²) in [6.45, 7) is 3.94. The molecule has 2 aromatic carbocycles. The van der Waals surface area contributed by atoms with Crippen LogP contribution in [0.15, 0.2) is 40.9 Å². The molecular weight excluding hydrogens is 326 g/mol. The van der Waals surface area contributed by atoms with Crippen LogP contribution in [0.2, 0.25) is 5.02 Å². The molecule has 0 aliphatic rings. The largest absolute Gasteiger partial charge is 0.322 e. The minimum absolute atomic E-state index is 0.134. The zero-order valence-electron chi connectivity index (χ0n) is 10.6. The van der Waals surface area contributed by atoms with Gasteiger partial charge >= 0.3 is 0 Å². The molecule has 1 amide bonds. The van der Waals surface area contributed by atoms with Crippen LogP contribution in [0.4, 0.5) is 5.69 Å². The number of nitrogens with one attached hydrogen (secondary N) is 1. The number of hydrogen-bond donors (Lipinski definition) is 1. The maximum Gasteiger partial charge on any atom is 0.255 e. The highest BCUT2D eigenvalue weighted by molar-refractivity contribution is 9.10. The van der Waals surface area contributed by atoms with Gasteiger partial charge in [0, 0.05) is 15.7 Å². The highest BCUT2D eigenvalue weighted by Crippen LogP contribution is 2.25. The van der Waals surface area contributed by atoms with Gasteiger partial charge in [0.2, 0.25) is 0 Å². The Kier molecular flexibility index (Phi) is 4.27. The fourth-order valence-electron chi connectivity index (χ4n) is 1.88. The SMILES string of the molecule is Cc1cc(C)cc(C(=O)Nc2ccc(Br)c(Cl)c2)c1. The minimum Gasteiger partial charge on any atom is -0.322 e. The van der Waals surface area contributed by atoms with Gasteiger partial charge in [0.05, 0.1) is 5.02 Å². The molecule has 0 heterocycles. The van der Waals surface area contributed by atoms with E-state index in [0.717, 1.165) is 15.6 Å². The van der Waals surface area contributed by atoms with Gasteiger partial charge in [-0.3, -0.25) is 4.79 Å². The number of aryl methyl sites for hydroxylation is 2. The number of carbonyl (C=O) groups is 1. The predicted octanol–water partition coefficient (Wildman–Crippen LogP) is 4.97. The lowest BCUT2D eigenvalue weighted by Crippen LogP contribution is -2.12. The van der Waals surface area contributed by atoms with Crippen molar-refractivity contribution in [1.29, 1.82) is 0 Å². The van der Waals surface area contributed by atoms with Crippen LogP contribution in [0.5, 0.6) is 0 Å². The van der Waals surface area contributed by atoms with Crippen molar-refractivity contribution in [2.24, 2.45) is 0 Å². The molecule has 19 heavy (non-hydrogen) atoms. The van der Waals surface area contributed by atoms with Crippen molar-refractivity contribution in [3.8, 4) is 0 Å². The maximum absolute atomic E-state index is 12.1. The van der Waals surface area contributed by atoms with Crippen molar-refractivity contribution in [1.82, 2.24) is 0 Å². The highest BCUT2D eigenvalue weighted by atomic mass is 79.9. The van der Waals surface area contributed by atoms with Crippen molar-refractivity contribution in [2.75, 3.05) is 5.32 Å². The lowest BCUT2D eigenvalue weighted by molar-refractivity contribution is 0.102. The molecular formula is C15H13BrClNO. The first-order valence-corrected chi connectivity index (χ1v) is 6.97. The van der Waals surface area contributed by atoms with Crippen LogP contribution in [0.25, 0.3) is 0 Å². The fraction of sp³-hybridized carbons (Fsp3) is 0.133. The fourth-order valence-corrected chi connectivity index (χ4v) is 2.31. The number of amides is 1. The van der Waals surface area contributed by atoms with Crippen LogP contribution < -0.4 is 5.32 Å². The maximum atomic E-state index is 12.1. The standard InChI is InChI=1S/C15H13BrClNO/c1-9-5-10(2)7-11(6-9)15(19)18-12-3-4-13(16)14(17)8-12/h3-8H,1-2H3,(H,18,19). The Balaban J connectivity index is 2.22. The van der Waals surface area contributed by atoms with Crippen LogP contribution in [0.3, 0.4) is 0 Å². The third-order valence-electron chi connectivity index (χ3n) is 2.66. The Morgan fingerprint density at radius 3 is 2.32 bits per heavy atom. The number of anilines is 1. The Labute approximate surface area is 125 Å². The van der Waals surface area contributed by atoms with Crippen molar-refractivity contribution in [3.63, 3.8) is 0 Å². The average Bonchev–Trinajstić information content (AvgIpc) is 2.32. The van der Waals surface area contributed by atoms with Crippen molar-refractivity contribution < 1.29 is 4.79 Å². The predicted molar refractivity (Wildman–Crippen MR) is 83.0 cm³/mol. The third-order valence-corrected chi connectivity index (χ3v) is 3.89. The van der Waals surface area contributed by atoms with Gasteiger partial charge in [-0.15, -0.1) is 0 Å². The number of hydrogen-bond acceptors (Lipinski definition) is 1. The van der Waals surface area contributed by atoms with Gasteiger partial charge in [-0.2, -0.15) is 0 Å². The summed E-state index contributed by atoms with van der Waals surface area (Å²) in [4.78, 5) is 12.1. The first-order valence-electron chi connectivity index (χ1n) is 5.80. The summed E-state index contributed by atoms with van der Waals surface area (Å²) in [5, 5.41) is 3.40. The van der Waals surface area contributed by atoms with E-state index in [2.05, 4.69) is 21.2 Å². The molecule has 0 saturated carbocycles. The quantitative estimate of drug-likeness (QED) is 0.823. The molecule has 4 heteroatoms. The van der Waals surface area contributed by atoms with Gasteiger partial charge in [0.1, 0.15) is 0 Å². The smallest absolute Gasteiger partial charge is 0.255 e. The highest BCUT2D eigenvalue weighted by Gasteiger charge is 2.08. The first-order chi connectivity index (χ1) is 8.95. The summed E-state index contributed by atoms with van der Waals surface area (Å²) < 4.78 is 0.804. The molecule has 0 atom stereocenters. The zero-order valence-corrected chi connectivity index (χ0v) is 13.0. The van der Waals surface area contributed by atoms with E-state index in [0.29, 0.717) is 16.3 Å². The molecule has 2 aromatic rings. The second kappa shape index (κ2) is 5.76. The number of halogens is 2. The summed E-state index contributed by atoms with van der Waals surface area (Å²) in [5.74, 6) is -0.134. The third kappa shape index (κ3) is 3.58. The van der Waals surface area contributed by atoms with Crippen LogP contribution in [0.1, 0.15) is 21.5 Å². The molecule has 0 bridgehead atoms. The number of carbonyl (C=O) groups excluding carboxylic acids is 1.